The van der Waals surface area contributed by atoms with Crippen molar-refractivity contribution in [2.75, 3.05) is 0 Å². The molecule has 1 aromatic heterocycles. The van der Waals surface area contributed by atoms with Crippen LogP contribution < -0.4 is 5.11 Å². The Hall–Kier alpha value is -1.77. The second kappa shape index (κ2) is 3.77. The zero-order valence-electron chi connectivity index (χ0n) is 8.54. The molecule has 0 aliphatic heterocycles. The number of carbonyl (C=O) groups excluding carboxylic acids is 1. The van der Waals surface area contributed by atoms with Crippen LogP contribution >= 0.6 is 0 Å². The van der Waals surface area contributed by atoms with Gasteiger partial charge < -0.3 is 14.9 Å². The first-order chi connectivity index (χ1) is 7.18. The zero-order chi connectivity index (χ0) is 10.8. The molecule has 2 aromatic rings. The molecule has 0 radical (unpaired) electrons. The molecule has 0 fully saturated rings. The molecule has 0 spiro atoms. The second-order valence-corrected chi connectivity index (χ2v) is 3.65. The number of carboxylic acids is 1. The standard InChI is InChI=1S/C12H13NO2/c1-8-9(6-7-12(14)15)10-4-2-3-5-11(10)13-8/h2-5,13H,6-7H2,1H3,(H,14,15)/p-1. The smallest absolute Gasteiger partial charge is 0.0458 e. The quantitative estimate of drug-likeness (QED) is 0.811. The monoisotopic (exact) mass is 202 g/mol. The highest BCUT2D eigenvalue weighted by Gasteiger charge is 2.06. The Balaban J connectivity index is 2.40. The fourth-order valence-electron chi connectivity index (χ4n) is 1.88. The number of rotatable bonds is 3. The second-order valence-electron chi connectivity index (χ2n) is 3.65. The van der Waals surface area contributed by atoms with Gasteiger partial charge in [0.05, 0.1) is 0 Å². The molecule has 0 amide bonds. The summed E-state index contributed by atoms with van der Waals surface area (Å²) < 4.78 is 0. The van der Waals surface area contributed by atoms with Gasteiger partial charge in [0, 0.05) is 22.6 Å². The normalized spacial score (nSPS) is 10.7. The third kappa shape index (κ3) is 1.86. The number of hydrogen-bond acceptors (Lipinski definition) is 2. The lowest BCUT2D eigenvalue weighted by atomic mass is 10.1. The molecule has 78 valence electrons. The van der Waals surface area contributed by atoms with Crippen LogP contribution in [-0.2, 0) is 11.2 Å². The average Bonchev–Trinajstić information content (AvgIpc) is 2.50. The predicted molar refractivity (Wildman–Crippen MR) is 56.4 cm³/mol. The molecule has 2 rings (SSSR count). The molecule has 1 N–H and O–H groups in total. The highest BCUT2D eigenvalue weighted by molar-refractivity contribution is 5.84. The van der Waals surface area contributed by atoms with E-state index in [1.165, 1.54) is 0 Å². The minimum atomic E-state index is -1.00. The number of para-hydroxylation sites is 1. The Morgan fingerprint density at radius 2 is 2.13 bits per heavy atom. The summed E-state index contributed by atoms with van der Waals surface area (Å²) in [7, 11) is 0. The van der Waals surface area contributed by atoms with Gasteiger partial charge in [-0.2, -0.15) is 0 Å². The van der Waals surface area contributed by atoms with Crippen molar-refractivity contribution in [3.05, 3.63) is 35.5 Å². The molecule has 0 bridgehead atoms. The summed E-state index contributed by atoms with van der Waals surface area (Å²) in [4.78, 5) is 13.7. The summed E-state index contributed by atoms with van der Waals surface area (Å²) in [6, 6.07) is 7.91. The number of aliphatic carboxylic acids is 1. The van der Waals surface area contributed by atoms with Crippen LogP contribution in [0.25, 0.3) is 10.9 Å². The van der Waals surface area contributed by atoms with E-state index in [1.807, 2.05) is 31.2 Å². The number of hydrogen-bond donors (Lipinski definition) is 1. The molecule has 15 heavy (non-hydrogen) atoms. The maximum absolute atomic E-state index is 10.4. The van der Waals surface area contributed by atoms with Gasteiger partial charge >= 0.3 is 0 Å². The van der Waals surface area contributed by atoms with Gasteiger partial charge in [0.1, 0.15) is 0 Å². The first kappa shape index (κ1) is 9.77. The minimum Gasteiger partial charge on any atom is -0.550 e. The molecule has 0 saturated heterocycles. The van der Waals surface area contributed by atoms with Gasteiger partial charge in [-0.3, -0.25) is 0 Å². The number of fused-ring (bicyclic) bond motifs is 1. The van der Waals surface area contributed by atoms with Crippen molar-refractivity contribution in [3.8, 4) is 0 Å². The Kier molecular flexibility index (Phi) is 2.46. The van der Waals surface area contributed by atoms with Crippen LogP contribution in [0.15, 0.2) is 24.3 Å². The van der Waals surface area contributed by atoms with Gasteiger partial charge in [-0.25, -0.2) is 0 Å². The van der Waals surface area contributed by atoms with Crippen molar-refractivity contribution < 1.29 is 9.90 Å². The number of aryl methyl sites for hydroxylation is 2. The van der Waals surface area contributed by atoms with Crippen LogP contribution in [0.1, 0.15) is 17.7 Å². The summed E-state index contributed by atoms with van der Waals surface area (Å²) >= 11 is 0. The van der Waals surface area contributed by atoms with Gasteiger partial charge in [0.2, 0.25) is 0 Å². The molecular weight excluding hydrogens is 190 g/mol. The van der Waals surface area contributed by atoms with E-state index in [9.17, 15) is 9.90 Å². The Morgan fingerprint density at radius 3 is 2.87 bits per heavy atom. The number of aromatic nitrogens is 1. The third-order valence-corrected chi connectivity index (χ3v) is 2.61. The molecule has 3 nitrogen and oxygen atoms in total. The van der Waals surface area contributed by atoms with Crippen LogP contribution in [0.5, 0.6) is 0 Å². The topological polar surface area (TPSA) is 55.9 Å². The Morgan fingerprint density at radius 1 is 1.40 bits per heavy atom. The lowest BCUT2D eigenvalue weighted by Crippen LogP contribution is -2.22. The maximum Gasteiger partial charge on any atom is 0.0458 e. The largest absolute Gasteiger partial charge is 0.550 e. The van der Waals surface area contributed by atoms with E-state index < -0.39 is 5.97 Å². The fourth-order valence-corrected chi connectivity index (χ4v) is 1.88. The van der Waals surface area contributed by atoms with E-state index in [0.717, 1.165) is 22.2 Å². The highest BCUT2D eigenvalue weighted by atomic mass is 16.4. The molecule has 0 aliphatic carbocycles. The number of H-pyrrole nitrogens is 1. The number of carboxylic acid groups (broad SMARTS) is 1. The van der Waals surface area contributed by atoms with E-state index in [-0.39, 0.29) is 6.42 Å². The minimum absolute atomic E-state index is 0.0721. The number of nitrogens with one attached hydrogen (secondary N) is 1. The SMILES string of the molecule is Cc1[nH]c2ccccc2c1CCC(=O)[O-]. The molecule has 0 aliphatic rings. The maximum atomic E-state index is 10.4. The van der Waals surface area contributed by atoms with E-state index in [0.29, 0.717) is 6.42 Å². The zero-order valence-corrected chi connectivity index (χ0v) is 8.54. The number of carbonyl (C=O) groups is 1. The lowest BCUT2D eigenvalue weighted by molar-refractivity contribution is -0.305. The van der Waals surface area contributed by atoms with Gasteiger partial charge in [-0.15, -0.1) is 0 Å². The summed E-state index contributed by atoms with van der Waals surface area (Å²) in [6.07, 6.45) is 0.598. The van der Waals surface area contributed by atoms with Crippen LogP contribution in [-0.4, -0.2) is 11.0 Å². The Labute approximate surface area is 87.7 Å². The first-order valence-electron chi connectivity index (χ1n) is 4.94. The molecule has 1 aromatic carbocycles. The van der Waals surface area contributed by atoms with Gasteiger partial charge in [0.15, 0.2) is 0 Å². The molecule has 0 unspecified atom stereocenters. The predicted octanol–water partition coefficient (Wildman–Crippen LogP) is 1.16. The average molecular weight is 202 g/mol. The van der Waals surface area contributed by atoms with Crippen LogP contribution in [0, 0.1) is 6.92 Å². The lowest BCUT2D eigenvalue weighted by Gasteiger charge is -2.02. The van der Waals surface area contributed by atoms with E-state index in [1.54, 1.807) is 0 Å². The van der Waals surface area contributed by atoms with E-state index >= 15 is 0 Å². The summed E-state index contributed by atoms with van der Waals surface area (Å²) in [5.74, 6) is -1.00. The van der Waals surface area contributed by atoms with Crippen molar-refractivity contribution >= 4 is 16.9 Å². The molecule has 0 saturated carbocycles. The summed E-state index contributed by atoms with van der Waals surface area (Å²) in [5.41, 5.74) is 3.18. The Bertz CT molecular complexity index is 499. The third-order valence-electron chi connectivity index (χ3n) is 2.61. The number of aromatic amines is 1. The van der Waals surface area contributed by atoms with Crippen LogP contribution in [0.3, 0.4) is 0 Å². The molecule has 3 heteroatoms. The van der Waals surface area contributed by atoms with Crippen molar-refractivity contribution in [2.45, 2.75) is 19.8 Å². The van der Waals surface area contributed by atoms with Gasteiger partial charge in [0.25, 0.3) is 0 Å². The van der Waals surface area contributed by atoms with Crippen molar-refractivity contribution in [2.24, 2.45) is 0 Å². The molecule has 1 heterocycles. The van der Waals surface area contributed by atoms with Gasteiger partial charge in [-0.05, 0) is 31.4 Å². The molecule has 0 atom stereocenters. The fraction of sp³-hybridized carbons (Fsp3) is 0.250. The van der Waals surface area contributed by atoms with Crippen LogP contribution in [0.4, 0.5) is 0 Å². The van der Waals surface area contributed by atoms with Gasteiger partial charge in [-0.1, -0.05) is 18.2 Å². The first-order valence-corrected chi connectivity index (χ1v) is 4.94. The van der Waals surface area contributed by atoms with E-state index in [4.69, 9.17) is 0 Å². The number of benzene rings is 1. The van der Waals surface area contributed by atoms with Crippen LogP contribution in [0.2, 0.25) is 0 Å². The van der Waals surface area contributed by atoms with E-state index in [2.05, 4.69) is 4.98 Å². The van der Waals surface area contributed by atoms with Crippen molar-refractivity contribution in [3.63, 3.8) is 0 Å². The highest BCUT2D eigenvalue weighted by Crippen LogP contribution is 2.22. The summed E-state index contributed by atoms with van der Waals surface area (Å²) in [5, 5.41) is 11.5. The van der Waals surface area contributed by atoms with Crippen molar-refractivity contribution in [1.82, 2.24) is 4.98 Å². The molecular formula is C12H12NO2-. The van der Waals surface area contributed by atoms with Crippen molar-refractivity contribution in [1.29, 1.82) is 0 Å². The summed E-state index contributed by atoms with van der Waals surface area (Å²) in [6.45, 7) is 1.96.